The highest BCUT2D eigenvalue weighted by atomic mass is 14.2. The lowest BCUT2D eigenvalue weighted by Crippen LogP contribution is -2.12. The van der Waals surface area contributed by atoms with Gasteiger partial charge in [-0.3, -0.25) is 0 Å². The lowest BCUT2D eigenvalue weighted by atomic mass is 9.80. The van der Waals surface area contributed by atoms with E-state index < -0.39 is 0 Å². The predicted molar refractivity (Wildman–Crippen MR) is 188 cm³/mol. The largest absolute Gasteiger partial charge is 0.0654 e. The Kier molecular flexibility index (Phi) is 17.6. The lowest BCUT2D eigenvalue weighted by molar-refractivity contribution is 0.619. The van der Waals surface area contributed by atoms with E-state index in [1.54, 1.807) is 44.5 Å². The number of hydrogen-bond donors (Lipinski definition) is 0. The van der Waals surface area contributed by atoms with Gasteiger partial charge < -0.3 is 0 Å². The molecule has 0 unspecified atom stereocenters. The maximum Gasteiger partial charge on any atom is -0.00199 e. The van der Waals surface area contributed by atoms with Gasteiger partial charge in [-0.25, -0.2) is 0 Å². The fraction of sp³-hybridized carbons (Fsp3) is 0.714. The molecule has 2 aromatic carbocycles. The highest BCUT2D eigenvalue weighted by Crippen LogP contribution is 2.33. The number of unbranched alkanes of at least 4 members (excludes halogenated alkanes) is 16. The summed E-state index contributed by atoms with van der Waals surface area (Å²) in [6.07, 6.45) is 35.0. The van der Waals surface area contributed by atoms with E-state index >= 15 is 0 Å². The third-order valence-corrected chi connectivity index (χ3v) is 10.0. The van der Waals surface area contributed by atoms with Crippen molar-refractivity contribution in [1.29, 1.82) is 0 Å². The molecule has 2 aromatic rings. The van der Waals surface area contributed by atoms with Gasteiger partial charge in [0.2, 0.25) is 0 Å². The predicted octanol–water partition coefficient (Wildman–Crippen LogP) is 13.2. The van der Waals surface area contributed by atoms with E-state index in [0.29, 0.717) is 0 Å². The van der Waals surface area contributed by atoms with Crippen molar-refractivity contribution in [3.8, 4) is 0 Å². The monoisotopic (exact) mass is 573 g/mol. The molecule has 0 aromatic heterocycles. The molecule has 0 radical (unpaired) electrons. The van der Waals surface area contributed by atoms with Crippen LogP contribution >= 0.6 is 0 Å². The molecule has 0 heterocycles. The Morgan fingerprint density at radius 2 is 0.524 bits per heavy atom. The molecule has 0 saturated carbocycles. The van der Waals surface area contributed by atoms with Gasteiger partial charge >= 0.3 is 0 Å². The van der Waals surface area contributed by atoms with Crippen LogP contribution in [0.2, 0.25) is 0 Å². The minimum atomic E-state index is 1.16. The topological polar surface area (TPSA) is 0 Å². The maximum absolute atomic E-state index is 2.67. The average molecular weight is 573 g/mol. The Labute approximate surface area is 262 Å². The molecule has 0 saturated heterocycles. The summed E-state index contributed by atoms with van der Waals surface area (Å²) in [6.45, 7) is 9.30. The molecule has 0 aliphatic heterocycles. The zero-order valence-electron chi connectivity index (χ0n) is 28.7. The highest BCUT2D eigenvalue weighted by molar-refractivity contribution is 5.51. The van der Waals surface area contributed by atoms with Gasteiger partial charge in [-0.1, -0.05) is 155 Å². The molecule has 42 heavy (non-hydrogen) atoms. The molecule has 0 atom stereocenters. The number of hydrogen-bond acceptors (Lipinski definition) is 0. The second-order valence-corrected chi connectivity index (χ2v) is 13.8. The fourth-order valence-corrected chi connectivity index (χ4v) is 7.26. The van der Waals surface area contributed by atoms with Crippen molar-refractivity contribution in [2.45, 2.75) is 195 Å². The second-order valence-electron chi connectivity index (χ2n) is 13.8. The summed E-state index contributed by atoms with van der Waals surface area (Å²) in [7, 11) is 0. The zero-order chi connectivity index (χ0) is 29.8. The summed E-state index contributed by atoms with van der Waals surface area (Å²) >= 11 is 0. The van der Waals surface area contributed by atoms with Crippen LogP contribution in [0.25, 0.3) is 0 Å². The molecule has 0 heteroatoms. The van der Waals surface area contributed by atoms with Crippen molar-refractivity contribution in [2.24, 2.45) is 0 Å². The molecule has 0 fully saturated rings. The van der Waals surface area contributed by atoms with E-state index in [4.69, 9.17) is 0 Å². The van der Waals surface area contributed by atoms with Crippen LogP contribution in [0, 0.1) is 0 Å². The van der Waals surface area contributed by atoms with Crippen LogP contribution in [0.15, 0.2) is 24.3 Å². The summed E-state index contributed by atoms with van der Waals surface area (Å²) in [5.41, 5.74) is 13.3. The SMILES string of the molecule is CCCCCCCc1cc2c(cc1CCCCCCC)Cc1cc(CCCCCCC)c(CCCCCCC)cc1C2. The Morgan fingerprint density at radius 1 is 0.310 bits per heavy atom. The Balaban J connectivity index is 1.77. The quantitative estimate of drug-likeness (QED) is 0.0936. The Hall–Kier alpha value is -1.56. The first-order valence-corrected chi connectivity index (χ1v) is 19.0. The van der Waals surface area contributed by atoms with E-state index in [1.165, 1.54) is 154 Å². The van der Waals surface area contributed by atoms with Gasteiger partial charge in [0, 0.05) is 0 Å². The van der Waals surface area contributed by atoms with Gasteiger partial charge in [0.1, 0.15) is 0 Å². The molecule has 0 nitrogen and oxygen atoms in total. The van der Waals surface area contributed by atoms with Crippen LogP contribution in [-0.2, 0) is 38.5 Å². The first kappa shape index (κ1) is 34.9. The van der Waals surface area contributed by atoms with Gasteiger partial charge in [-0.05, 0) is 109 Å². The van der Waals surface area contributed by atoms with Crippen molar-refractivity contribution in [3.63, 3.8) is 0 Å². The van der Waals surface area contributed by atoms with Gasteiger partial charge in [0.15, 0.2) is 0 Å². The molecule has 236 valence electrons. The third kappa shape index (κ3) is 12.2. The van der Waals surface area contributed by atoms with Crippen molar-refractivity contribution in [1.82, 2.24) is 0 Å². The number of fused-ring (bicyclic) bond motifs is 2. The van der Waals surface area contributed by atoms with Crippen LogP contribution in [0.4, 0.5) is 0 Å². The van der Waals surface area contributed by atoms with E-state index in [-0.39, 0.29) is 0 Å². The number of aryl methyl sites for hydroxylation is 4. The molecule has 0 bridgehead atoms. The van der Waals surface area contributed by atoms with Gasteiger partial charge in [0.05, 0.1) is 0 Å². The van der Waals surface area contributed by atoms with E-state index in [2.05, 4.69) is 52.0 Å². The lowest BCUT2D eigenvalue weighted by Gasteiger charge is -2.25. The van der Waals surface area contributed by atoms with Crippen molar-refractivity contribution >= 4 is 0 Å². The first-order chi connectivity index (χ1) is 20.7. The highest BCUT2D eigenvalue weighted by Gasteiger charge is 2.20. The van der Waals surface area contributed by atoms with E-state index in [9.17, 15) is 0 Å². The molecule has 0 spiro atoms. The fourth-order valence-electron chi connectivity index (χ4n) is 7.26. The Bertz CT molecular complexity index is 836. The zero-order valence-corrected chi connectivity index (χ0v) is 28.7. The molecule has 3 rings (SSSR count). The van der Waals surface area contributed by atoms with Crippen molar-refractivity contribution in [3.05, 3.63) is 68.8 Å². The van der Waals surface area contributed by atoms with Crippen molar-refractivity contribution < 1.29 is 0 Å². The summed E-state index contributed by atoms with van der Waals surface area (Å²) < 4.78 is 0. The van der Waals surface area contributed by atoms with Gasteiger partial charge in [0.25, 0.3) is 0 Å². The molecule has 0 amide bonds. The van der Waals surface area contributed by atoms with E-state index in [0.717, 1.165) is 12.8 Å². The number of benzene rings is 2. The van der Waals surface area contributed by atoms with Crippen LogP contribution in [0.5, 0.6) is 0 Å². The number of rotatable bonds is 24. The van der Waals surface area contributed by atoms with E-state index in [1.807, 2.05) is 0 Å². The molecule has 1 aliphatic carbocycles. The van der Waals surface area contributed by atoms with Gasteiger partial charge in [-0.15, -0.1) is 0 Å². The normalized spacial score (nSPS) is 12.5. The standard InChI is InChI=1S/C42H68/c1-5-9-13-17-21-25-35-29-39-33-41-31-37(27-23-19-15-11-7-3)38(28-24-20-16-12-8-4)32-42(41)34-40(39)30-36(35)26-22-18-14-10-6-2/h29-32H,5-28,33-34H2,1-4H3. The average Bonchev–Trinajstić information content (AvgIpc) is 2.99. The van der Waals surface area contributed by atoms with Gasteiger partial charge in [-0.2, -0.15) is 0 Å². The molecular formula is C42H68. The maximum atomic E-state index is 2.67. The van der Waals surface area contributed by atoms with Crippen molar-refractivity contribution in [2.75, 3.05) is 0 Å². The Morgan fingerprint density at radius 3 is 0.738 bits per heavy atom. The molecule has 0 N–H and O–H groups in total. The summed E-state index contributed by atoms with van der Waals surface area (Å²) in [5, 5.41) is 0. The minimum Gasteiger partial charge on any atom is -0.0654 e. The van der Waals surface area contributed by atoms with Crippen LogP contribution < -0.4 is 0 Å². The van der Waals surface area contributed by atoms with Crippen LogP contribution in [0.3, 0.4) is 0 Å². The summed E-state index contributed by atoms with van der Waals surface area (Å²) in [6, 6.07) is 10.7. The molecule has 1 aliphatic rings. The minimum absolute atomic E-state index is 1.16. The molecular weight excluding hydrogens is 504 g/mol. The third-order valence-electron chi connectivity index (χ3n) is 10.0. The summed E-state index contributed by atoms with van der Waals surface area (Å²) in [5.74, 6) is 0. The summed E-state index contributed by atoms with van der Waals surface area (Å²) in [4.78, 5) is 0. The van der Waals surface area contributed by atoms with Crippen LogP contribution in [0.1, 0.15) is 201 Å². The second kappa shape index (κ2) is 21.2. The van der Waals surface area contributed by atoms with Crippen LogP contribution in [-0.4, -0.2) is 0 Å². The smallest absolute Gasteiger partial charge is 0.00199 e. The first-order valence-electron chi connectivity index (χ1n) is 19.0.